The number of hydrogen-bond donors (Lipinski definition) is 2. The number of pyridine rings is 1. The molecule has 5 rings (SSSR count). The molecule has 3 aromatic heterocycles. The molecule has 10 nitrogen and oxygen atoms in total. The number of anilines is 1. The zero-order chi connectivity index (χ0) is 29.7. The molecule has 2 aliphatic carbocycles. The van der Waals surface area contributed by atoms with Gasteiger partial charge in [0.15, 0.2) is 11.5 Å². The lowest BCUT2D eigenvalue weighted by Gasteiger charge is -2.20. The Morgan fingerprint density at radius 1 is 1.12 bits per heavy atom. The lowest BCUT2D eigenvalue weighted by molar-refractivity contribution is 0.0756. The fourth-order valence-electron chi connectivity index (χ4n) is 5.50. The van der Waals surface area contributed by atoms with E-state index in [1.807, 2.05) is 4.68 Å². The molecule has 0 radical (unpaired) electrons. The van der Waals surface area contributed by atoms with E-state index < -0.39 is 28.2 Å². The highest BCUT2D eigenvalue weighted by molar-refractivity contribution is 6.76. The van der Waals surface area contributed by atoms with Crippen molar-refractivity contribution < 1.29 is 23.8 Å². The summed E-state index contributed by atoms with van der Waals surface area (Å²) in [4.78, 5) is 20.2. The Morgan fingerprint density at radius 3 is 2.41 bits per heavy atom. The Bertz CT molecular complexity index is 1460. The third-order valence-corrected chi connectivity index (χ3v) is 11.7. The predicted molar refractivity (Wildman–Crippen MR) is 162 cm³/mol. The minimum absolute atomic E-state index is 0.143. The number of hydrogen-bond acceptors (Lipinski definition) is 6. The molecule has 3 heterocycles. The van der Waals surface area contributed by atoms with Crippen molar-refractivity contribution in [2.45, 2.75) is 91.0 Å². The van der Waals surface area contributed by atoms with Crippen molar-refractivity contribution in [3.63, 3.8) is 0 Å². The summed E-state index contributed by atoms with van der Waals surface area (Å²) in [6, 6.07) is 3.45. The molecular weight excluding hydrogens is 560 g/mol. The summed E-state index contributed by atoms with van der Waals surface area (Å²) < 4.78 is 30.9. The first-order valence-electron chi connectivity index (χ1n) is 14.4. The highest BCUT2D eigenvalue weighted by Crippen LogP contribution is 2.60. The maximum Gasteiger partial charge on any atom is 0.409 e. The Hall–Kier alpha value is -2.62. The number of amides is 1. The number of carboxylic acid groups (broad SMARTS) is 1. The van der Waals surface area contributed by atoms with Crippen LogP contribution in [0.4, 0.5) is 14.9 Å². The van der Waals surface area contributed by atoms with Crippen LogP contribution < -0.4 is 5.32 Å². The van der Waals surface area contributed by atoms with Crippen LogP contribution in [0.1, 0.15) is 24.6 Å². The Morgan fingerprint density at radius 2 is 1.78 bits per heavy atom. The monoisotopic (exact) mass is 602 g/mol. The first-order valence-corrected chi connectivity index (χ1v) is 21.9. The quantitative estimate of drug-likeness (QED) is 0.143. The maximum atomic E-state index is 14.9. The summed E-state index contributed by atoms with van der Waals surface area (Å²) in [5.41, 5.74) is 3.80. The van der Waals surface area contributed by atoms with Crippen LogP contribution in [0.2, 0.25) is 51.4 Å². The van der Waals surface area contributed by atoms with E-state index in [0.29, 0.717) is 48.3 Å². The molecule has 224 valence electrons. The molecular formula is C28H43FN6O4Si2. The number of imidazole rings is 1. The van der Waals surface area contributed by atoms with Crippen molar-refractivity contribution in [1.82, 2.24) is 24.3 Å². The molecule has 2 atom stereocenters. The van der Waals surface area contributed by atoms with Crippen LogP contribution in [0.25, 0.3) is 22.7 Å². The van der Waals surface area contributed by atoms with E-state index in [1.165, 1.54) is 18.2 Å². The third kappa shape index (κ3) is 6.73. The van der Waals surface area contributed by atoms with Gasteiger partial charge in [-0.05, 0) is 48.7 Å². The molecule has 0 spiro atoms. The Labute approximate surface area is 242 Å². The van der Waals surface area contributed by atoms with Crippen molar-refractivity contribution in [3.05, 3.63) is 23.3 Å². The van der Waals surface area contributed by atoms with E-state index in [0.717, 1.165) is 36.2 Å². The molecule has 2 aliphatic rings. The van der Waals surface area contributed by atoms with E-state index in [9.17, 15) is 9.18 Å². The van der Waals surface area contributed by atoms with Gasteiger partial charge in [-0.15, -0.1) is 0 Å². The normalized spacial score (nSPS) is 20.2. The van der Waals surface area contributed by atoms with Gasteiger partial charge in [-0.2, -0.15) is 14.5 Å². The molecule has 13 heteroatoms. The van der Waals surface area contributed by atoms with Gasteiger partial charge in [0.1, 0.15) is 30.4 Å². The van der Waals surface area contributed by atoms with Crippen LogP contribution in [-0.4, -0.2) is 64.9 Å². The van der Waals surface area contributed by atoms with Crippen molar-refractivity contribution in [2.75, 3.05) is 18.5 Å². The molecule has 1 fully saturated rings. The fourth-order valence-corrected chi connectivity index (χ4v) is 7.01. The topological polar surface area (TPSA) is 116 Å². The van der Waals surface area contributed by atoms with E-state index in [4.69, 9.17) is 24.7 Å². The molecule has 0 bridgehead atoms. The first kappa shape index (κ1) is 29.9. The first-order chi connectivity index (χ1) is 19.1. The average Bonchev–Trinajstić information content (AvgIpc) is 3.23. The van der Waals surface area contributed by atoms with Crippen LogP contribution in [0.5, 0.6) is 0 Å². The van der Waals surface area contributed by atoms with Crippen LogP contribution in [0.15, 0.2) is 6.07 Å². The minimum atomic E-state index is -1.37. The van der Waals surface area contributed by atoms with Gasteiger partial charge in [0.05, 0.1) is 0 Å². The fraction of sp³-hybridized carbons (Fsp3) is 0.643. The summed E-state index contributed by atoms with van der Waals surface area (Å²) in [6.45, 7) is 18.0. The molecule has 41 heavy (non-hydrogen) atoms. The highest BCUT2D eigenvalue weighted by Gasteiger charge is 2.54. The van der Waals surface area contributed by atoms with Crippen LogP contribution >= 0.6 is 0 Å². The highest BCUT2D eigenvalue weighted by atomic mass is 28.3. The summed E-state index contributed by atoms with van der Waals surface area (Å²) in [7, 11) is -2.53. The van der Waals surface area contributed by atoms with E-state index >= 15 is 0 Å². The third-order valence-electron chi connectivity index (χ3n) is 8.28. The zero-order valence-electron chi connectivity index (χ0n) is 25.3. The largest absolute Gasteiger partial charge is 0.465 e. The van der Waals surface area contributed by atoms with Crippen molar-refractivity contribution in [1.29, 1.82) is 0 Å². The number of nitrogens with zero attached hydrogens (tertiary/aromatic N) is 5. The minimum Gasteiger partial charge on any atom is -0.465 e. The number of aromatic nitrogens is 5. The molecule has 1 saturated carbocycles. The van der Waals surface area contributed by atoms with Gasteiger partial charge >= 0.3 is 6.09 Å². The molecule has 0 aromatic carbocycles. The summed E-state index contributed by atoms with van der Waals surface area (Å²) >= 11 is 0. The van der Waals surface area contributed by atoms with Crippen LogP contribution in [0.3, 0.4) is 0 Å². The van der Waals surface area contributed by atoms with Crippen LogP contribution in [-0.2, 0) is 35.8 Å². The van der Waals surface area contributed by atoms with E-state index in [1.54, 1.807) is 4.57 Å². The van der Waals surface area contributed by atoms with Gasteiger partial charge < -0.3 is 14.6 Å². The standard InChI is InChI=1S/C28H43FN6O4Si2/c1-28-14-18(28)12-19-22(15-28)35(17-39-9-11-41(5,6)7)33-23(19)26-30-21-13-20(31-27(36)37)24(29)32-25(21)34(26)16-38-8-10-40(2,3)4/h13,18,31H,8-12,14-17H2,1-7H3,(H,36,37)/t18-,28-/m1/s1. The molecule has 2 N–H and O–H groups in total. The molecule has 0 aliphatic heterocycles. The summed E-state index contributed by atoms with van der Waals surface area (Å²) in [6.07, 6.45) is 1.66. The second-order valence-corrected chi connectivity index (χ2v) is 25.6. The number of fused-ring (bicyclic) bond motifs is 3. The smallest absolute Gasteiger partial charge is 0.409 e. The summed E-state index contributed by atoms with van der Waals surface area (Å²) in [5.74, 6) is 0.243. The summed E-state index contributed by atoms with van der Waals surface area (Å²) in [5, 5.41) is 16.3. The average molecular weight is 603 g/mol. The van der Waals surface area contributed by atoms with E-state index in [-0.39, 0.29) is 12.4 Å². The molecule has 0 saturated heterocycles. The second-order valence-electron chi connectivity index (χ2n) is 14.4. The van der Waals surface area contributed by atoms with Crippen LogP contribution in [0, 0.1) is 17.3 Å². The number of ether oxygens (including phenoxy) is 2. The molecule has 1 amide bonds. The SMILES string of the molecule is C[C@@]12Cc3c(c(-c4nc5cc(NC(=O)O)c(F)nc5n4COCC[Si](C)(C)C)nn3COCC[Si](C)(C)C)C[C@@H]1C2. The number of halogens is 1. The second kappa shape index (κ2) is 10.9. The van der Waals surface area contributed by atoms with Crippen molar-refractivity contribution in [2.24, 2.45) is 11.3 Å². The van der Waals surface area contributed by atoms with Gasteiger partial charge in [0.25, 0.3) is 0 Å². The predicted octanol–water partition coefficient (Wildman–Crippen LogP) is 6.27. The van der Waals surface area contributed by atoms with Gasteiger partial charge in [-0.3, -0.25) is 9.88 Å². The zero-order valence-corrected chi connectivity index (χ0v) is 27.3. The van der Waals surface area contributed by atoms with Crippen molar-refractivity contribution >= 4 is 39.1 Å². The lowest BCUT2D eigenvalue weighted by atomic mass is 9.87. The Balaban J connectivity index is 1.54. The number of nitrogens with one attached hydrogen (secondary N) is 1. The Kier molecular flexibility index (Phi) is 7.94. The van der Waals surface area contributed by atoms with E-state index in [2.05, 4.69) is 56.5 Å². The molecule has 0 unspecified atom stereocenters. The molecule has 3 aromatic rings. The number of rotatable bonds is 12. The van der Waals surface area contributed by atoms with Gasteiger partial charge in [0, 0.05) is 40.6 Å². The van der Waals surface area contributed by atoms with Gasteiger partial charge in [0.2, 0.25) is 5.95 Å². The lowest BCUT2D eigenvalue weighted by Crippen LogP contribution is -2.23. The van der Waals surface area contributed by atoms with Crippen molar-refractivity contribution in [3.8, 4) is 11.5 Å². The number of carbonyl (C=O) groups is 1. The van der Waals surface area contributed by atoms with Gasteiger partial charge in [-0.1, -0.05) is 46.2 Å². The maximum absolute atomic E-state index is 14.9. The van der Waals surface area contributed by atoms with Gasteiger partial charge in [-0.25, -0.2) is 14.5 Å².